The summed E-state index contributed by atoms with van der Waals surface area (Å²) in [5, 5.41) is 4.65. The first-order chi connectivity index (χ1) is 17.0. The maximum Gasteiger partial charge on any atom is 0.265 e. The quantitative estimate of drug-likeness (QED) is 0.273. The van der Waals surface area contributed by atoms with Crippen LogP contribution in [0.1, 0.15) is 28.4 Å². The van der Waals surface area contributed by atoms with E-state index in [4.69, 9.17) is 25.7 Å². The molecule has 4 heterocycles. The highest BCUT2D eigenvalue weighted by atomic mass is 35.5. The molecule has 6 rings (SSSR count). The second kappa shape index (κ2) is 9.14. The lowest BCUT2D eigenvalue weighted by Crippen LogP contribution is -2.38. The number of nitrogens with zero attached hydrogens (tertiary/aromatic N) is 3. The molecule has 178 valence electrons. The average Bonchev–Trinajstić information content (AvgIpc) is 3.53. The van der Waals surface area contributed by atoms with Crippen LogP contribution in [0.25, 0.3) is 20.6 Å². The number of amides is 1. The Hall–Kier alpha value is -3.14. The molecule has 0 spiro atoms. The van der Waals surface area contributed by atoms with Crippen molar-refractivity contribution in [3.63, 3.8) is 0 Å². The van der Waals surface area contributed by atoms with E-state index in [0.29, 0.717) is 27.1 Å². The van der Waals surface area contributed by atoms with Crippen molar-refractivity contribution in [1.82, 2.24) is 9.97 Å². The number of halogens is 1. The summed E-state index contributed by atoms with van der Waals surface area (Å²) in [7, 11) is 0. The van der Waals surface area contributed by atoms with Crippen molar-refractivity contribution in [3.05, 3.63) is 64.3 Å². The number of ether oxygens (including phenoxy) is 1. The van der Waals surface area contributed by atoms with E-state index in [1.165, 1.54) is 11.3 Å². The topological polar surface area (TPSA) is 80.5 Å². The zero-order chi connectivity index (χ0) is 23.9. The average molecular weight is 525 g/mol. The molecule has 1 saturated heterocycles. The highest BCUT2D eigenvalue weighted by molar-refractivity contribution is 7.29. The lowest BCUT2D eigenvalue weighted by molar-refractivity contribution is 0.103. The third-order valence-corrected chi connectivity index (χ3v) is 8.36. The minimum atomic E-state index is -0.151. The van der Waals surface area contributed by atoms with Crippen molar-refractivity contribution in [2.45, 2.75) is 25.9 Å². The van der Waals surface area contributed by atoms with Crippen LogP contribution < -0.4 is 15.0 Å². The van der Waals surface area contributed by atoms with Crippen LogP contribution in [0.5, 0.6) is 5.75 Å². The SMILES string of the molecule is Cc1nc2cc(NC(=O)c3cc4sc(N5CCC(Oc6ccc(Cl)cc6)CC5)nc4s3)ccc2o1. The van der Waals surface area contributed by atoms with Crippen molar-refractivity contribution in [3.8, 4) is 5.75 Å². The number of nitrogens with one attached hydrogen (secondary N) is 1. The molecule has 35 heavy (non-hydrogen) atoms. The van der Waals surface area contributed by atoms with E-state index < -0.39 is 0 Å². The van der Waals surface area contributed by atoms with Crippen LogP contribution in [0.3, 0.4) is 0 Å². The van der Waals surface area contributed by atoms with Gasteiger partial charge < -0.3 is 19.4 Å². The maximum absolute atomic E-state index is 12.8. The van der Waals surface area contributed by atoms with Crippen LogP contribution in [0.2, 0.25) is 5.02 Å². The number of carbonyl (C=O) groups excluding carboxylic acids is 1. The number of thiophene rings is 1. The number of oxazole rings is 1. The van der Waals surface area contributed by atoms with Gasteiger partial charge in [-0.25, -0.2) is 9.97 Å². The van der Waals surface area contributed by atoms with E-state index in [1.54, 1.807) is 18.3 Å². The molecule has 1 fully saturated rings. The first-order valence-electron chi connectivity index (χ1n) is 11.3. The van der Waals surface area contributed by atoms with Gasteiger partial charge in [-0.2, -0.15) is 0 Å². The second-order valence-corrected chi connectivity index (χ2v) is 10.9. The van der Waals surface area contributed by atoms with E-state index in [0.717, 1.165) is 51.9 Å². The van der Waals surface area contributed by atoms with Crippen molar-refractivity contribution in [2.75, 3.05) is 23.3 Å². The first kappa shape index (κ1) is 22.3. The van der Waals surface area contributed by atoms with Gasteiger partial charge in [-0.3, -0.25) is 4.79 Å². The normalized spacial score (nSPS) is 14.6. The first-order valence-corrected chi connectivity index (χ1v) is 13.3. The van der Waals surface area contributed by atoms with E-state index >= 15 is 0 Å². The summed E-state index contributed by atoms with van der Waals surface area (Å²) in [6.07, 6.45) is 2.04. The molecule has 0 unspecified atom stereocenters. The van der Waals surface area contributed by atoms with Gasteiger partial charge in [-0.1, -0.05) is 22.9 Å². The number of piperidine rings is 1. The smallest absolute Gasteiger partial charge is 0.265 e. The van der Waals surface area contributed by atoms with E-state index in [2.05, 4.69) is 15.2 Å². The maximum atomic E-state index is 12.8. The summed E-state index contributed by atoms with van der Waals surface area (Å²) < 4.78 is 12.6. The Balaban J connectivity index is 1.09. The minimum absolute atomic E-state index is 0.151. The van der Waals surface area contributed by atoms with Gasteiger partial charge in [-0.05, 0) is 48.5 Å². The third-order valence-electron chi connectivity index (χ3n) is 5.88. The van der Waals surface area contributed by atoms with Crippen LogP contribution in [-0.2, 0) is 0 Å². The lowest BCUT2D eigenvalue weighted by atomic mass is 10.1. The van der Waals surface area contributed by atoms with E-state index in [9.17, 15) is 4.79 Å². The Bertz CT molecular complexity index is 1490. The predicted molar refractivity (Wildman–Crippen MR) is 142 cm³/mol. The number of carbonyl (C=O) groups is 1. The van der Waals surface area contributed by atoms with Crippen LogP contribution in [-0.4, -0.2) is 35.1 Å². The molecule has 0 radical (unpaired) electrons. The molecule has 0 aliphatic carbocycles. The number of rotatable bonds is 5. The number of hydrogen-bond acceptors (Lipinski definition) is 8. The molecule has 1 amide bonds. The Morgan fingerprint density at radius 2 is 1.91 bits per heavy atom. The number of fused-ring (bicyclic) bond motifs is 2. The number of anilines is 2. The Labute approximate surface area is 214 Å². The van der Waals surface area contributed by atoms with Gasteiger partial charge in [0.05, 0.1) is 9.58 Å². The Morgan fingerprint density at radius 1 is 1.11 bits per heavy atom. The molecule has 1 aliphatic rings. The molecule has 2 aromatic carbocycles. The number of hydrogen-bond donors (Lipinski definition) is 1. The highest BCUT2D eigenvalue weighted by Gasteiger charge is 2.24. The molecular formula is C25H21ClN4O3S2. The minimum Gasteiger partial charge on any atom is -0.490 e. The third kappa shape index (κ3) is 4.71. The summed E-state index contributed by atoms with van der Waals surface area (Å²) in [5.74, 6) is 1.30. The number of aryl methyl sites for hydroxylation is 1. The van der Waals surface area contributed by atoms with E-state index in [1.807, 2.05) is 48.5 Å². The van der Waals surface area contributed by atoms with Gasteiger partial charge >= 0.3 is 0 Å². The van der Waals surface area contributed by atoms with Gasteiger partial charge in [0.2, 0.25) is 0 Å². The molecular weight excluding hydrogens is 504 g/mol. The second-order valence-electron chi connectivity index (χ2n) is 8.40. The molecule has 1 N–H and O–H groups in total. The summed E-state index contributed by atoms with van der Waals surface area (Å²) in [5.41, 5.74) is 2.11. The van der Waals surface area contributed by atoms with Crippen molar-refractivity contribution < 1.29 is 13.9 Å². The summed E-state index contributed by atoms with van der Waals surface area (Å²) in [6, 6.07) is 14.9. The van der Waals surface area contributed by atoms with Gasteiger partial charge in [-0.15, -0.1) is 11.3 Å². The van der Waals surface area contributed by atoms with Crippen LogP contribution in [0.4, 0.5) is 10.8 Å². The number of thiazole rings is 1. The van der Waals surface area contributed by atoms with Crippen LogP contribution >= 0.6 is 34.3 Å². The van der Waals surface area contributed by atoms with Crippen molar-refractivity contribution in [2.24, 2.45) is 0 Å². The molecule has 0 atom stereocenters. The van der Waals surface area contributed by atoms with Crippen molar-refractivity contribution >= 4 is 71.6 Å². The highest BCUT2D eigenvalue weighted by Crippen LogP contribution is 2.36. The molecule has 0 saturated carbocycles. The zero-order valence-electron chi connectivity index (χ0n) is 18.8. The van der Waals surface area contributed by atoms with Gasteiger partial charge in [0.15, 0.2) is 16.6 Å². The molecule has 3 aromatic heterocycles. The van der Waals surface area contributed by atoms with E-state index in [-0.39, 0.29) is 12.0 Å². The summed E-state index contributed by atoms with van der Waals surface area (Å²) in [6.45, 7) is 3.57. The summed E-state index contributed by atoms with van der Waals surface area (Å²) >= 11 is 8.99. The molecule has 0 bridgehead atoms. The van der Waals surface area contributed by atoms with Crippen LogP contribution in [0, 0.1) is 6.92 Å². The fraction of sp³-hybridized carbons (Fsp3) is 0.240. The predicted octanol–water partition coefficient (Wildman–Crippen LogP) is 6.76. The number of aromatic nitrogens is 2. The zero-order valence-corrected chi connectivity index (χ0v) is 21.2. The lowest BCUT2D eigenvalue weighted by Gasteiger charge is -2.31. The fourth-order valence-electron chi connectivity index (χ4n) is 4.15. The molecule has 10 heteroatoms. The van der Waals surface area contributed by atoms with Crippen molar-refractivity contribution in [1.29, 1.82) is 0 Å². The largest absolute Gasteiger partial charge is 0.490 e. The monoisotopic (exact) mass is 524 g/mol. The number of benzene rings is 2. The Morgan fingerprint density at radius 3 is 2.69 bits per heavy atom. The van der Waals surface area contributed by atoms with Gasteiger partial charge in [0, 0.05) is 43.6 Å². The Kier molecular flexibility index (Phi) is 5.83. The molecule has 7 nitrogen and oxygen atoms in total. The fourth-order valence-corrected chi connectivity index (χ4v) is 6.44. The van der Waals surface area contributed by atoms with Gasteiger partial charge in [0.25, 0.3) is 5.91 Å². The van der Waals surface area contributed by atoms with Crippen LogP contribution in [0.15, 0.2) is 52.9 Å². The molecule has 1 aliphatic heterocycles. The standard InChI is InChI=1S/C25H21ClN4O3S2/c1-14-27-19-12-16(4-7-20(19)32-14)28-23(31)21-13-22-24(34-21)29-25(35-22)30-10-8-18(9-11-30)33-17-5-2-15(26)3-6-17/h2-7,12-13,18H,8-11H2,1H3,(H,28,31). The van der Waals surface area contributed by atoms with Gasteiger partial charge in [0.1, 0.15) is 22.2 Å². The summed E-state index contributed by atoms with van der Waals surface area (Å²) in [4.78, 5) is 25.8. The molecule has 5 aromatic rings.